The van der Waals surface area contributed by atoms with Crippen LogP contribution in [0.3, 0.4) is 0 Å². The fraction of sp³-hybridized carbons (Fsp3) is 0.524. The molecule has 0 radical (unpaired) electrons. The average Bonchev–Trinajstić information content (AvgIpc) is 2.61. The summed E-state index contributed by atoms with van der Waals surface area (Å²) < 4.78 is 5.86. The molecule has 1 aromatic carbocycles. The van der Waals surface area contributed by atoms with Crippen molar-refractivity contribution in [1.82, 2.24) is 5.32 Å². The molecule has 1 aromatic rings. The minimum absolute atomic E-state index is 0.0421. The second kappa shape index (κ2) is 9.68. The summed E-state index contributed by atoms with van der Waals surface area (Å²) in [7, 11) is 0. The van der Waals surface area contributed by atoms with E-state index in [1.165, 1.54) is 37.1 Å². The van der Waals surface area contributed by atoms with Gasteiger partial charge in [-0.15, -0.1) is 0 Å². The van der Waals surface area contributed by atoms with Crippen molar-refractivity contribution in [2.75, 3.05) is 6.61 Å². The lowest BCUT2D eigenvalue weighted by atomic mass is 9.86. The first kappa shape index (κ1) is 20.4. The molecule has 0 spiro atoms. The van der Waals surface area contributed by atoms with Crippen molar-refractivity contribution < 1.29 is 9.53 Å². The van der Waals surface area contributed by atoms with Gasteiger partial charge in [-0.1, -0.05) is 51.8 Å². The third-order valence-electron chi connectivity index (χ3n) is 4.43. The van der Waals surface area contributed by atoms with E-state index in [9.17, 15) is 4.79 Å². The van der Waals surface area contributed by atoms with Crippen LogP contribution in [0.2, 0.25) is 0 Å². The maximum atomic E-state index is 12.2. The van der Waals surface area contributed by atoms with Gasteiger partial charge >= 0.3 is 0 Å². The van der Waals surface area contributed by atoms with Crippen molar-refractivity contribution in [3.8, 4) is 11.8 Å². The zero-order valence-electron chi connectivity index (χ0n) is 15.9. The molecule has 1 fully saturated rings. The van der Waals surface area contributed by atoms with Crippen LogP contribution >= 0.6 is 11.8 Å². The fourth-order valence-electron chi connectivity index (χ4n) is 3.10. The molecule has 2 rings (SSSR count). The molecule has 140 valence electrons. The number of nitriles is 1. The standard InChI is InChI=1S/C21H28N2O2S/c1-21(2,3)18-14-17(26-13-7-12-22)10-11-19(18)25-15-20(24)23-16-8-5-4-6-9-16/h7,10-11,13-14,16H,4-6,8-9,15H2,1-3H3,(H,23,24). The summed E-state index contributed by atoms with van der Waals surface area (Å²) in [6.45, 7) is 6.41. The van der Waals surface area contributed by atoms with E-state index in [0.29, 0.717) is 6.04 Å². The van der Waals surface area contributed by atoms with Gasteiger partial charge in [-0.05, 0) is 41.9 Å². The first-order valence-corrected chi connectivity index (χ1v) is 10.1. The van der Waals surface area contributed by atoms with Gasteiger partial charge < -0.3 is 10.1 Å². The number of nitrogens with zero attached hydrogens (tertiary/aromatic N) is 1. The third kappa shape index (κ3) is 6.42. The topological polar surface area (TPSA) is 62.1 Å². The van der Waals surface area contributed by atoms with Gasteiger partial charge in [-0.2, -0.15) is 5.26 Å². The van der Waals surface area contributed by atoms with Crippen molar-refractivity contribution in [3.63, 3.8) is 0 Å². The molecule has 4 nitrogen and oxygen atoms in total. The number of benzene rings is 1. The Bertz CT molecular complexity index is 680. The van der Waals surface area contributed by atoms with Gasteiger partial charge in [-0.3, -0.25) is 4.79 Å². The second-order valence-corrected chi connectivity index (χ2v) is 8.63. The molecule has 1 aliphatic carbocycles. The van der Waals surface area contributed by atoms with Crippen molar-refractivity contribution in [3.05, 3.63) is 35.2 Å². The maximum absolute atomic E-state index is 12.2. The molecular weight excluding hydrogens is 344 g/mol. The molecule has 26 heavy (non-hydrogen) atoms. The van der Waals surface area contributed by atoms with E-state index in [2.05, 4.69) is 32.2 Å². The van der Waals surface area contributed by atoms with Crippen molar-refractivity contribution in [2.45, 2.75) is 69.2 Å². The summed E-state index contributed by atoms with van der Waals surface area (Å²) in [5, 5.41) is 13.5. The van der Waals surface area contributed by atoms with Crippen LogP contribution in [0.15, 0.2) is 34.6 Å². The highest BCUT2D eigenvalue weighted by atomic mass is 32.2. The van der Waals surface area contributed by atoms with Gasteiger partial charge in [0.15, 0.2) is 6.61 Å². The highest BCUT2D eigenvalue weighted by molar-refractivity contribution is 8.02. The number of allylic oxidation sites excluding steroid dienone is 1. The van der Waals surface area contributed by atoms with Gasteiger partial charge in [0, 0.05) is 22.6 Å². The molecule has 1 amide bonds. The smallest absolute Gasteiger partial charge is 0.258 e. The third-order valence-corrected chi connectivity index (χ3v) is 5.23. The number of carbonyl (C=O) groups excluding carboxylic acids is 1. The highest BCUT2D eigenvalue weighted by Gasteiger charge is 2.21. The lowest BCUT2D eigenvalue weighted by molar-refractivity contribution is -0.124. The Labute approximate surface area is 161 Å². The highest BCUT2D eigenvalue weighted by Crippen LogP contribution is 2.35. The maximum Gasteiger partial charge on any atom is 0.258 e. The first-order chi connectivity index (χ1) is 12.4. The monoisotopic (exact) mass is 372 g/mol. The van der Waals surface area contributed by atoms with Crippen LogP contribution in [0.25, 0.3) is 0 Å². The van der Waals surface area contributed by atoms with Crippen LogP contribution in [0, 0.1) is 11.3 Å². The van der Waals surface area contributed by atoms with Gasteiger partial charge in [-0.25, -0.2) is 0 Å². The molecule has 1 N–H and O–H groups in total. The Hall–Kier alpha value is -1.93. The summed E-state index contributed by atoms with van der Waals surface area (Å²) in [5.41, 5.74) is 0.948. The Morgan fingerprint density at radius 2 is 2.08 bits per heavy atom. The predicted molar refractivity (Wildman–Crippen MR) is 106 cm³/mol. The van der Waals surface area contributed by atoms with Crippen LogP contribution in [0.5, 0.6) is 5.75 Å². The largest absolute Gasteiger partial charge is 0.483 e. The number of hydrogen-bond donors (Lipinski definition) is 1. The zero-order chi connectivity index (χ0) is 19.0. The summed E-state index contributed by atoms with van der Waals surface area (Å²) in [5.74, 6) is 0.692. The second-order valence-electron chi connectivity index (χ2n) is 7.65. The predicted octanol–water partition coefficient (Wildman–Crippen LogP) is 4.94. The molecular formula is C21H28N2O2S. The Balaban J connectivity index is 2.01. The molecule has 0 atom stereocenters. The fourth-order valence-corrected chi connectivity index (χ4v) is 3.72. The van der Waals surface area contributed by atoms with Crippen LogP contribution < -0.4 is 10.1 Å². The summed E-state index contributed by atoms with van der Waals surface area (Å²) >= 11 is 1.49. The number of ether oxygens (including phenoxy) is 1. The number of thioether (sulfide) groups is 1. The van der Waals surface area contributed by atoms with Crippen LogP contribution in [0.4, 0.5) is 0 Å². The van der Waals surface area contributed by atoms with E-state index in [1.807, 2.05) is 18.2 Å². The molecule has 1 aliphatic rings. The van der Waals surface area contributed by atoms with Crippen molar-refractivity contribution in [1.29, 1.82) is 5.26 Å². The number of hydrogen-bond acceptors (Lipinski definition) is 4. The zero-order valence-corrected chi connectivity index (χ0v) is 16.7. The average molecular weight is 373 g/mol. The van der Waals surface area contributed by atoms with Gasteiger partial charge in [0.2, 0.25) is 0 Å². The Morgan fingerprint density at radius 3 is 2.73 bits per heavy atom. The molecule has 5 heteroatoms. The minimum atomic E-state index is -0.106. The molecule has 0 heterocycles. The molecule has 0 aliphatic heterocycles. The normalized spacial score (nSPS) is 15.6. The van der Waals surface area contributed by atoms with Gasteiger partial charge in [0.25, 0.3) is 5.91 Å². The Kier molecular flexibility index (Phi) is 7.59. The molecule has 0 aromatic heterocycles. The van der Waals surface area contributed by atoms with E-state index >= 15 is 0 Å². The molecule has 1 saturated carbocycles. The molecule has 0 bridgehead atoms. The van der Waals surface area contributed by atoms with E-state index in [1.54, 1.807) is 5.41 Å². The van der Waals surface area contributed by atoms with Crippen molar-refractivity contribution >= 4 is 17.7 Å². The molecule has 0 unspecified atom stereocenters. The minimum Gasteiger partial charge on any atom is -0.483 e. The van der Waals surface area contributed by atoms with E-state index in [4.69, 9.17) is 10.00 Å². The van der Waals surface area contributed by atoms with Crippen LogP contribution in [0.1, 0.15) is 58.4 Å². The van der Waals surface area contributed by atoms with Gasteiger partial charge in [0.1, 0.15) is 5.75 Å². The lowest BCUT2D eigenvalue weighted by Crippen LogP contribution is -2.39. The van der Waals surface area contributed by atoms with Crippen LogP contribution in [-0.4, -0.2) is 18.6 Å². The van der Waals surface area contributed by atoms with E-state index in [0.717, 1.165) is 29.1 Å². The quantitative estimate of drug-likeness (QED) is 0.567. The van der Waals surface area contributed by atoms with Gasteiger partial charge in [0.05, 0.1) is 6.07 Å². The number of amides is 1. The SMILES string of the molecule is CC(C)(C)c1cc(SC=CC#N)ccc1OCC(=O)NC1CCCCC1. The Morgan fingerprint density at radius 1 is 1.35 bits per heavy atom. The van der Waals surface area contributed by atoms with E-state index < -0.39 is 0 Å². The van der Waals surface area contributed by atoms with Crippen LogP contribution in [-0.2, 0) is 10.2 Å². The summed E-state index contributed by atoms with van der Waals surface area (Å²) in [6.07, 6.45) is 7.26. The molecule has 0 saturated heterocycles. The number of rotatable bonds is 6. The number of nitrogens with one attached hydrogen (secondary N) is 1. The first-order valence-electron chi connectivity index (χ1n) is 9.18. The summed E-state index contributed by atoms with van der Waals surface area (Å²) in [6, 6.07) is 8.23. The van der Waals surface area contributed by atoms with Crippen molar-refractivity contribution in [2.24, 2.45) is 0 Å². The van der Waals surface area contributed by atoms with E-state index in [-0.39, 0.29) is 17.9 Å². The number of carbonyl (C=O) groups is 1. The lowest BCUT2D eigenvalue weighted by Gasteiger charge is -2.25. The summed E-state index contributed by atoms with van der Waals surface area (Å²) in [4.78, 5) is 13.2.